The summed E-state index contributed by atoms with van der Waals surface area (Å²) >= 11 is 0. The van der Waals surface area contributed by atoms with E-state index in [0.717, 1.165) is 36.3 Å². The van der Waals surface area contributed by atoms with E-state index < -0.39 is 0 Å². The number of nitriles is 1. The van der Waals surface area contributed by atoms with Crippen molar-refractivity contribution in [2.75, 3.05) is 26.9 Å². The molecule has 1 aromatic rings. The summed E-state index contributed by atoms with van der Waals surface area (Å²) in [6, 6.07) is 4.09. The lowest BCUT2D eigenvalue weighted by Gasteiger charge is -2.22. The van der Waals surface area contributed by atoms with Crippen molar-refractivity contribution in [3.05, 3.63) is 28.6 Å². The maximum atomic E-state index is 12.4. The van der Waals surface area contributed by atoms with Gasteiger partial charge in [0.15, 0.2) is 0 Å². The zero-order valence-electron chi connectivity index (χ0n) is 14.6. The largest absolute Gasteiger partial charge is 0.383 e. The molecule has 6 nitrogen and oxygen atoms in total. The third kappa shape index (κ3) is 4.47. The molecule has 0 bridgehead atoms. The molecule has 2 rings (SSSR count). The topological polar surface area (TPSA) is 76.3 Å². The van der Waals surface area contributed by atoms with E-state index in [0.29, 0.717) is 19.8 Å². The molecule has 0 aliphatic carbocycles. The minimum Gasteiger partial charge on any atom is -0.383 e. The van der Waals surface area contributed by atoms with Gasteiger partial charge in [-0.25, -0.2) is 0 Å². The van der Waals surface area contributed by atoms with Gasteiger partial charge in [0.1, 0.15) is 11.6 Å². The second-order valence-electron chi connectivity index (χ2n) is 6.00. The number of hydrogen-bond donors (Lipinski definition) is 1. The number of aromatic nitrogens is 1. The van der Waals surface area contributed by atoms with Crippen molar-refractivity contribution in [3.63, 3.8) is 0 Å². The highest BCUT2D eigenvalue weighted by Crippen LogP contribution is 2.18. The molecule has 0 saturated carbocycles. The first-order valence-corrected chi connectivity index (χ1v) is 8.23. The summed E-state index contributed by atoms with van der Waals surface area (Å²) in [4.78, 5) is 12.4. The molecule has 0 spiro atoms. The third-order valence-corrected chi connectivity index (χ3v) is 4.35. The van der Waals surface area contributed by atoms with Crippen LogP contribution in [0.4, 0.5) is 0 Å². The van der Waals surface area contributed by atoms with Crippen molar-refractivity contribution in [1.29, 1.82) is 5.26 Å². The SMILES string of the molecule is COCCn1c(C)cc(C=C(C#N)C(=O)NC2CCOCC2)c1C. The summed E-state index contributed by atoms with van der Waals surface area (Å²) in [5, 5.41) is 12.3. The van der Waals surface area contributed by atoms with Crippen molar-refractivity contribution in [3.8, 4) is 6.07 Å². The van der Waals surface area contributed by atoms with Gasteiger partial charge >= 0.3 is 0 Å². The second-order valence-corrected chi connectivity index (χ2v) is 6.00. The van der Waals surface area contributed by atoms with Gasteiger partial charge in [0.2, 0.25) is 0 Å². The standard InChI is InChI=1S/C18H25N3O3/c1-13-10-15(14(2)21(13)6-9-23-3)11-16(12-19)18(22)20-17-4-7-24-8-5-17/h10-11,17H,4-9H2,1-3H3,(H,20,22). The smallest absolute Gasteiger partial charge is 0.262 e. The fourth-order valence-electron chi connectivity index (χ4n) is 2.91. The Morgan fingerprint density at radius 3 is 2.83 bits per heavy atom. The van der Waals surface area contributed by atoms with Crippen molar-refractivity contribution >= 4 is 12.0 Å². The molecule has 1 N–H and O–H groups in total. The van der Waals surface area contributed by atoms with E-state index in [1.165, 1.54) is 0 Å². The summed E-state index contributed by atoms with van der Waals surface area (Å²) in [7, 11) is 1.67. The van der Waals surface area contributed by atoms with Gasteiger partial charge < -0.3 is 19.4 Å². The molecule has 1 aliphatic rings. The van der Waals surface area contributed by atoms with E-state index in [1.807, 2.05) is 26.0 Å². The zero-order chi connectivity index (χ0) is 17.5. The Balaban J connectivity index is 2.14. The number of amides is 1. The van der Waals surface area contributed by atoms with Crippen LogP contribution in [0.2, 0.25) is 0 Å². The van der Waals surface area contributed by atoms with Crippen molar-refractivity contribution in [2.45, 2.75) is 39.3 Å². The molecule has 0 aromatic carbocycles. The van der Waals surface area contributed by atoms with Gasteiger partial charge in [0.05, 0.1) is 6.61 Å². The van der Waals surface area contributed by atoms with Crippen LogP contribution in [0.3, 0.4) is 0 Å². The van der Waals surface area contributed by atoms with Crippen molar-refractivity contribution in [2.24, 2.45) is 0 Å². The summed E-state index contributed by atoms with van der Waals surface area (Å²) in [5.41, 5.74) is 3.13. The highest BCUT2D eigenvalue weighted by atomic mass is 16.5. The fourth-order valence-corrected chi connectivity index (χ4v) is 2.91. The normalized spacial score (nSPS) is 16.0. The molecule has 1 aliphatic heterocycles. The molecule has 0 radical (unpaired) electrons. The molecule has 1 saturated heterocycles. The average Bonchev–Trinajstić information content (AvgIpc) is 2.85. The van der Waals surface area contributed by atoms with Crippen LogP contribution in [-0.4, -0.2) is 43.4 Å². The number of carbonyl (C=O) groups excluding carboxylic acids is 1. The Hall–Kier alpha value is -2.10. The van der Waals surface area contributed by atoms with Crippen LogP contribution in [-0.2, 0) is 20.8 Å². The van der Waals surface area contributed by atoms with Crippen LogP contribution in [0.1, 0.15) is 29.8 Å². The monoisotopic (exact) mass is 331 g/mol. The lowest BCUT2D eigenvalue weighted by Crippen LogP contribution is -2.39. The Bertz CT molecular complexity index is 649. The minimum absolute atomic E-state index is 0.0807. The predicted molar refractivity (Wildman–Crippen MR) is 91.4 cm³/mol. The average molecular weight is 331 g/mol. The predicted octanol–water partition coefficient (Wildman–Crippen LogP) is 1.95. The number of nitrogens with one attached hydrogen (secondary N) is 1. The number of ether oxygens (including phenoxy) is 2. The minimum atomic E-state index is -0.314. The molecule has 1 fully saturated rings. The van der Waals surface area contributed by atoms with Gasteiger partial charge in [-0.15, -0.1) is 0 Å². The van der Waals surface area contributed by atoms with E-state index in [9.17, 15) is 10.1 Å². The molecule has 0 unspecified atom stereocenters. The first-order chi connectivity index (χ1) is 11.6. The highest BCUT2D eigenvalue weighted by Gasteiger charge is 2.19. The zero-order valence-corrected chi connectivity index (χ0v) is 14.6. The van der Waals surface area contributed by atoms with Gasteiger partial charge in [-0.05, 0) is 44.4 Å². The van der Waals surface area contributed by atoms with Gasteiger partial charge in [-0.2, -0.15) is 5.26 Å². The molecule has 2 heterocycles. The van der Waals surface area contributed by atoms with Gasteiger partial charge in [0.25, 0.3) is 5.91 Å². The molecule has 0 atom stereocenters. The third-order valence-electron chi connectivity index (χ3n) is 4.35. The molecule has 1 aromatic heterocycles. The van der Waals surface area contributed by atoms with Gasteiger partial charge in [-0.3, -0.25) is 4.79 Å². The summed E-state index contributed by atoms with van der Waals surface area (Å²) in [5.74, 6) is -0.314. The number of hydrogen-bond acceptors (Lipinski definition) is 4. The van der Waals surface area contributed by atoms with E-state index in [1.54, 1.807) is 13.2 Å². The summed E-state index contributed by atoms with van der Waals surface area (Å²) < 4.78 is 12.5. The van der Waals surface area contributed by atoms with Crippen LogP contribution in [0.15, 0.2) is 11.6 Å². The first kappa shape index (κ1) is 18.2. The Labute approximate surface area is 143 Å². The highest BCUT2D eigenvalue weighted by molar-refractivity contribution is 6.02. The van der Waals surface area contributed by atoms with Crippen LogP contribution in [0.5, 0.6) is 0 Å². The van der Waals surface area contributed by atoms with E-state index >= 15 is 0 Å². The molecular weight excluding hydrogens is 306 g/mol. The Morgan fingerprint density at radius 2 is 2.21 bits per heavy atom. The number of carbonyl (C=O) groups is 1. The van der Waals surface area contributed by atoms with Crippen LogP contribution in [0.25, 0.3) is 6.08 Å². The number of nitrogens with zero attached hydrogens (tertiary/aromatic N) is 2. The van der Waals surface area contributed by atoms with E-state index in [-0.39, 0.29) is 17.5 Å². The van der Waals surface area contributed by atoms with Gasteiger partial charge in [0, 0.05) is 44.3 Å². The quantitative estimate of drug-likeness (QED) is 0.638. The molecular formula is C18H25N3O3. The Kier molecular flexibility index (Phi) is 6.59. The molecule has 130 valence electrons. The summed E-state index contributed by atoms with van der Waals surface area (Å²) in [6.45, 7) is 6.66. The first-order valence-electron chi connectivity index (χ1n) is 8.23. The van der Waals surface area contributed by atoms with Gasteiger partial charge in [-0.1, -0.05) is 0 Å². The molecule has 24 heavy (non-hydrogen) atoms. The van der Waals surface area contributed by atoms with Crippen molar-refractivity contribution in [1.82, 2.24) is 9.88 Å². The van der Waals surface area contributed by atoms with Crippen LogP contribution >= 0.6 is 0 Å². The summed E-state index contributed by atoms with van der Waals surface area (Å²) in [6.07, 6.45) is 3.24. The van der Waals surface area contributed by atoms with Crippen molar-refractivity contribution < 1.29 is 14.3 Å². The second kappa shape index (κ2) is 8.67. The number of rotatable bonds is 6. The number of methoxy groups -OCH3 is 1. The number of aryl methyl sites for hydroxylation is 1. The van der Waals surface area contributed by atoms with E-state index in [2.05, 4.69) is 9.88 Å². The van der Waals surface area contributed by atoms with Crippen LogP contribution in [0, 0.1) is 25.2 Å². The van der Waals surface area contributed by atoms with Crippen LogP contribution < -0.4 is 5.32 Å². The Morgan fingerprint density at radius 1 is 1.50 bits per heavy atom. The fraction of sp³-hybridized carbons (Fsp3) is 0.556. The molecule has 6 heteroatoms. The van der Waals surface area contributed by atoms with E-state index in [4.69, 9.17) is 9.47 Å². The maximum Gasteiger partial charge on any atom is 0.262 e. The lowest BCUT2D eigenvalue weighted by atomic mass is 10.1. The molecule has 1 amide bonds. The maximum absolute atomic E-state index is 12.4. The lowest BCUT2D eigenvalue weighted by molar-refractivity contribution is -0.118.